The summed E-state index contributed by atoms with van der Waals surface area (Å²) >= 11 is 0. The number of rotatable bonds is 6. The van der Waals surface area contributed by atoms with E-state index in [2.05, 4.69) is 0 Å². The second kappa shape index (κ2) is 7.29. The van der Waals surface area contributed by atoms with E-state index >= 15 is 0 Å². The van der Waals surface area contributed by atoms with Crippen molar-refractivity contribution in [3.05, 3.63) is 35.9 Å². The summed E-state index contributed by atoms with van der Waals surface area (Å²) in [5, 5.41) is 0. The first-order valence-electron chi connectivity index (χ1n) is 7.74. The molecule has 1 aliphatic rings. The summed E-state index contributed by atoms with van der Waals surface area (Å²) in [7, 11) is 0. The number of cyclic esters (lactones) is 1. The number of carbonyl (C=O) groups excluding carboxylic acids is 2. The molecule has 1 aromatic carbocycles. The summed E-state index contributed by atoms with van der Waals surface area (Å²) in [6, 6.07) is 8.89. The minimum atomic E-state index is -0.671. The number of hydrogen-bond donors (Lipinski definition) is 0. The fourth-order valence-corrected chi connectivity index (χ4v) is 2.60. The lowest BCUT2D eigenvalue weighted by molar-refractivity contribution is -0.153. The van der Waals surface area contributed by atoms with Gasteiger partial charge in [-0.25, -0.2) is 9.59 Å². The smallest absolute Gasteiger partial charge is 0.411 e. The molecule has 5 nitrogen and oxygen atoms in total. The number of amides is 1. The summed E-state index contributed by atoms with van der Waals surface area (Å²) in [4.78, 5) is 26.0. The SMILES string of the molecule is CCC[C@@H]1OC(=O)N(Cc2ccccc2)[C@H]1C(=O)OC(C)C. The van der Waals surface area contributed by atoms with Gasteiger partial charge in [-0.15, -0.1) is 0 Å². The van der Waals surface area contributed by atoms with Crippen molar-refractivity contribution in [2.24, 2.45) is 0 Å². The molecule has 0 radical (unpaired) electrons. The van der Waals surface area contributed by atoms with Gasteiger partial charge in [-0.3, -0.25) is 4.90 Å². The summed E-state index contributed by atoms with van der Waals surface area (Å²) in [6.45, 7) is 5.94. The van der Waals surface area contributed by atoms with Crippen LogP contribution in [-0.4, -0.2) is 35.2 Å². The number of ether oxygens (including phenoxy) is 2. The summed E-state index contributed by atoms with van der Waals surface area (Å²) in [6.07, 6.45) is 0.377. The van der Waals surface area contributed by atoms with Crippen LogP contribution in [0.15, 0.2) is 30.3 Å². The maximum Gasteiger partial charge on any atom is 0.411 e. The van der Waals surface area contributed by atoms with Crippen LogP contribution in [0.4, 0.5) is 4.79 Å². The molecule has 1 saturated heterocycles. The highest BCUT2D eigenvalue weighted by Gasteiger charge is 2.46. The largest absolute Gasteiger partial charge is 0.461 e. The third-order valence-electron chi connectivity index (χ3n) is 3.54. The molecule has 2 atom stereocenters. The average molecular weight is 305 g/mol. The molecule has 120 valence electrons. The molecular formula is C17H23NO4. The van der Waals surface area contributed by atoms with Gasteiger partial charge in [0.15, 0.2) is 6.04 Å². The zero-order chi connectivity index (χ0) is 16.1. The van der Waals surface area contributed by atoms with Crippen LogP contribution in [0.1, 0.15) is 39.2 Å². The second-order valence-electron chi connectivity index (χ2n) is 5.75. The molecule has 2 rings (SSSR count). The van der Waals surface area contributed by atoms with Gasteiger partial charge in [0.05, 0.1) is 12.6 Å². The zero-order valence-corrected chi connectivity index (χ0v) is 13.3. The average Bonchev–Trinajstić information content (AvgIpc) is 2.76. The van der Waals surface area contributed by atoms with Gasteiger partial charge >= 0.3 is 12.1 Å². The topological polar surface area (TPSA) is 55.8 Å². The molecule has 0 aliphatic carbocycles. The standard InChI is InChI=1S/C17H23NO4/c1-4-8-14-15(16(19)21-12(2)3)18(17(20)22-14)11-13-9-6-5-7-10-13/h5-7,9-10,12,14-15H,4,8,11H2,1-3H3/t14-,15+/m0/s1. The molecule has 0 unspecified atom stereocenters. The second-order valence-corrected chi connectivity index (χ2v) is 5.75. The normalized spacial score (nSPS) is 21.1. The van der Waals surface area contributed by atoms with E-state index < -0.39 is 24.2 Å². The van der Waals surface area contributed by atoms with E-state index in [-0.39, 0.29) is 6.10 Å². The maximum atomic E-state index is 12.4. The summed E-state index contributed by atoms with van der Waals surface area (Å²) in [5.41, 5.74) is 0.957. The van der Waals surface area contributed by atoms with Gasteiger partial charge in [-0.1, -0.05) is 43.7 Å². The number of esters is 1. The molecule has 1 aliphatic heterocycles. The molecule has 0 bridgehead atoms. The third kappa shape index (κ3) is 3.78. The first-order chi connectivity index (χ1) is 10.5. The number of carbonyl (C=O) groups is 2. The van der Waals surface area contributed by atoms with E-state index in [1.807, 2.05) is 37.3 Å². The minimum absolute atomic E-state index is 0.218. The van der Waals surface area contributed by atoms with Crippen LogP contribution >= 0.6 is 0 Å². The highest BCUT2D eigenvalue weighted by molar-refractivity contribution is 5.85. The van der Waals surface area contributed by atoms with E-state index in [1.54, 1.807) is 13.8 Å². The first-order valence-corrected chi connectivity index (χ1v) is 7.74. The molecular weight excluding hydrogens is 282 g/mol. The van der Waals surface area contributed by atoms with Crippen molar-refractivity contribution in [1.82, 2.24) is 4.90 Å². The highest BCUT2D eigenvalue weighted by Crippen LogP contribution is 2.26. The Morgan fingerprint density at radius 1 is 1.32 bits per heavy atom. The van der Waals surface area contributed by atoms with Gasteiger partial charge in [0.25, 0.3) is 0 Å². The van der Waals surface area contributed by atoms with Crippen LogP contribution in [0.2, 0.25) is 0 Å². The van der Waals surface area contributed by atoms with E-state index in [9.17, 15) is 9.59 Å². The molecule has 0 saturated carbocycles. The summed E-state index contributed by atoms with van der Waals surface area (Å²) in [5.74, 6) is -0.393. The number of hydrogen-bond acceptors (Lipinski definition) is 4. The Balaban J connectivity index is 2.19. The van der Waals surface area contributed by atoms with E-state index in [1.165, 1.54) is 4.90 Å². The highest BCUT2D eigenvalue weighted by atomic mass is 16.6. The van der Waals surface area contributed by atoms with Crippen LogP contribution in [0.25, 0.3) is 0 Å². The van der Waals surface area contributed by atoms with Gasteiger partial charge in [0.1, 0.15) is 6.10 Å². The van der Waals surface area contributed by atoms with Crippen molar-refractivity contribution < 1.29 is 19.1 Å². The fourth-order valence-electron chi connectivity index (χ4n) is 2.60. The molecule has 22 heavy (non-hydrogen) atoms. The van der Waals surface area contributed by atoms with Crippen molar-refractivity contribution in [2.75, 3.05) is 0 Å². The Hall–Kier alpha value is -2.04. The Morgan fingerprint density at radius 2 is 2.00 bits per heavy atom. The van der Waals surface area contributed by atoms with Crippen molar-refractivity contribution in [2.45, 2.75) is 58.4 Å². The lowest BCUT2D eigenvalue weighted by atomic mass is 10.1. The van der Waals surface area contributed by atoms with Gasteiger partial charge in [-0.05, 0) is 25.8 Å². The van der Waals surface area contributed by atoms with Gasteiger partial charge in [-0.2, -0.15) is 0 Å². The molecule has 0 aromatic heterocycles. The van der Waals surface area contributed by atoms with Crippen molar-refractivity contribution in [1.29, 1.82) is 0 Å². The predicted octanol–water partition coefficient (Wildman–Crippen LogP) is 3.13. The first kappa shape index (κ1) is 16.3. The Kier molecular flexibility index (Phi) is 5.41. The van der Waals surface area contributed by atoms with Crippen molar-refractivity contribution >= 4 is 12.1 Å². The van der Waals surface area contributed by atoms with Crippen LogP contribution < -0.4 is 0 Å². The van der Waals surface area contributed by atoms with Gasteiger partial charge in [0.2, 0.25) is 0 Å². The Labute approximate surface area is 131 Å². The molecule has 0 N–H and O–H groups in total. The van der Waals surface area contributed by atoms with Gasteiger partial charge in [0, 0.05) is 0 Å². The molecule has 1 heterocycles. The zero-order valence-electron chi connectivity index (χ0n) is 13.3. The molecule has 0 spiro atoms. The Morgan fingerprint density at radius 3 is 2.59 bits per heavy atom. The molecule has 1 aromatic rings. The van der Waals surface area contributed by atoms with Crippen LogP contribution in [0.5, 0.6) is 0 Å². The van der Waals surface area contributed by atoms with Crippen LogP contribution in [0.3, 0.4) is 0 Å². The lowest BCUT2D eigenvalue weighted by Crippen LogP contribution is -2.44. The minimum Gasteiger partial charge on any atom is -0.461 e. The molecule has 1 fully saturated rings. The van der Waals surface area contributed by atoms with Crippen molar-refractivity contribution in [3.63, 3.8) is 0 Å². The van der Waals surface area contributed by atoms with Crippen LogP contribution in [0, 0.1) is 0 Å². The van der Waals surface area contributed by atoms with E-state index in [0.717, 1.165) is 12.0 Å². The molecule has 5 heteroatoms. The number of nitrogens with zero attached hydrogens (tertiary/aromatic N) is 1. The van der Waals surface area contributed by atoms with Gasteiger partial charge < -0.3 is 9.47 Å². The molecule has 1 amide bonds. The summed E-state index contributed by atoms with van der Waals surface area (Å²) < 4.78 is 10.7. The maximum absolute atomic E-state index is 12.4. The van der Waals surface area contributed by atoms with E-state index in [0.29, 0.717) is 13.0 Å². The number of benzene rings is 1. The van der Waals surface area contributed by atoms with E-state index in [4.69, 9.17) is 9.47 Å². The Bertz CT molecular complexity index is 515. The fraction of sp³-hybridized carbons (Fsp3) is 0.529. The lowest BCUT2D eigenvalue weighted by Gasteiger charge is -2.24. The monoisotopic (exact) mass is 305 g/mol. The van der Waals surface area contributed by atoms with Crippen molar-refractivity contribution in [3.8, 4) is 0 Å². The third-order valence-corrected chi connectivity index (χ3v) is 3.54. The quantitative estimate of drug-likeness (QED) is 0.758. The van der Waals surface area contributed by atoms with Crippen LogP contribution in [-0.2, 0) is 20.8 Å². The predicted molar refractivity (Wildman–Crippen MR) is 82.2 cm³/mol.